The second-order valence-electron chi connectivity index (χ2n) is 10.3. The van der Waals surface area contributed by atoms with Crippen LogP contribution < -0.4 is 0 Å². The fourth-order valence-corrected chi connectivity index (χ4v) is 6.53. The molecular formula is C38H32S. The third kappa shape index (κ3) is 4.09. The van der Waals surface area contributed by atoms with E-state index in [1.807, 2.05) is 6.92 Å². The van der Waals surface area contributed by atoms with Gasteiger partial charge in [0, 0.05) is 0 Å². The highest BCUT2D eigenvalue weighted by Gasteiger charge is 2.46. The molecule has 0 nitrogen and oxygen atoms in total. The maximum absolute atomic E-state index is 4.62. The van der Waals surface area contributed by atoms with E-state index >= 15 is 0 Å². The molecule has 0 spiro atoms. The molecule has 1 aliphatic rings. The molecule has 0 N–H and O–H groups in total. The lowest BCUT2D eigenvalue weighted by Crippen LogP contribution is -2.28. The Bertz CT molecular complexity index is 1680. The van der Waals surface area contributed by atoms with Crippen molar-refractivity contribution in [3.63, 3.8) is 0 Å². The number of hydrogen-bond donors (Lipinski definition) is 1. The number of aryl methyl sites for hydroxylation is 1. The molecule has 0 atom stereocenters. The Kier molecular flexibility index (Phi) is 6.62. The summed E-state index contributed by atoms with van der Waals surface area (Å²) < 4.78 is 0. The Hall–Kier alpha value is -4.07. The molecule has 6 rings (SSSR count). The van der Waals surface area contributed by atoms with Crippen molar-refractivity contribution in [1.82, 2.24) is 0 Å². The van der Waals surface area contributed by atoms with Gasteiger partial charge in [0.1, 0.15) is 0 Å². The van der Waals surface area contributed by atoms with Gasteiger partial charge in [-0.2, -0.15) is 0 Å². The van der Waals surface area contributed by atoms with Crippen LogP contribution in [0.25, 0.3) is 27.8 Å². The predicted molar refractivity (Wildman–Crippen MR) is 170 cm³/mol. The normalized spacial score (nSPS) is 14.2. The summed E-state index contributed by atoms with van der Waals surface area (Å²) in [5, 5.41) is 0. The van der Waals surface area contributed by atoms with Crippen LogP contribution in [0.5, 0.6) is 0 Å². The molecule has 5 aromatic rings. The van der Waals surface area contributed by atoms with Gasteiger partial charge in [-0.15, -0.1) is 12.6 Å². The van der Waals surface area contributed by atoms with Crippen molar-refractivity contribution in [3.8, 4) is 22.3 Å². The van der Waals surface area contributed by atoms with E-state index in [9.17, 15) is 0 Å². The van der Waals surface area contributed by atoms with Crippen molar-refractivity contribution in [3.05, 3.63) is 172 Å². The number of rotatable bonds is 5. The van der Waals surface area contributed by atoms with E-state index in [1.165, 1.54) is 61.2 Å². The van der Waals surface area contributed by atoms with Crippen LogP contribution in [0.15, 0.2) is 138 Å². The molecule has 5 aromatic carbocycles. The average molecular weight is 521 g/mol. The largest absolute Gasteiger partial charge is 0.148 e. The van der Waals surface area contributed by atoms with Gasteiger partial charge in [-0.05, 0) is 87.4 Å². The maximum Gasteiger partial charge on any atom is 0.0713 e. The third-order valence-electron chi connectivity index (χ3n) is 7.93. The first-order valence-electron chi connectivity index (χ1n) is 13.5. The van der Waals surface area contributed by atoms with Crippen molar-refractivity contribution in [2.75, 3.05) is 0 Å². The van der Waals surface area contributed by atoms with Crippen LogP contribution in [0, 0.1) is 6.92 Å². The van der Waals surface area contributed by atoms with E-state index in [1.54, 1.807) is 0 Å². The fourth-order valence-electron chi connectivity index (χ4n) is 6.39. The lowest BCUT2D eigenvalue weighted by atomic mass is 9.67. The average Bonchev–Trinajstić information content (AvgIpc) is 3.28. The van der Waals surface area contributed by atoms with E-state index in [0.717, 1.165) is 4.91 Å². The van der Waals surface area contributed by atoms with Gasteiger partial charge in [-0.1, -0.05) is 133 Å². The second-order valence-corrected chi connectivity index (χ2v) is 11.0. The summed E-state index contributed by atoms with van der Waals surface area (Å²) in [6.07, 6.45) is 4.35. The summed E-state index contributed by atoms with van der Waals surface area (Å²) in [6.45, 7) is 6.31. The summed E-state index contributed by atoms with van der Waals surface area (Å²) in [5.41, 5.74) is 13.6. The molecule has 0 saturated heterocycles. The molecule has 39 heavy (non-hydrogen) atoms. The van der Waals surface area contributed by atoms with E-state index < -0.39 is 5.41 Å². The fraction of sp³-hybridized carbons (Fsp3) is 0.105. The standard InChI is InChI=1S/C38H32S/c1-4-28(25-27(3)39)34-24-26(2)22-23-31(34)32-19-13-21-36-37(32)33-18-11-12-20-35(33)38(36,29-14-7-5-8-15-29)30-16-9-6-10-17-30/h4-25,39H,1-3H3/b27-25+,28-4+. The van der Waals surface area contributed by atoms with Crippen LogP contribution >= 0.6 is 12.6 Å². The van der Waals surface area contributed by atoms with E-state index in [4.69, 9.17) is 0 Å². The number of fused-ring (bicyclic) bond motifs is 3. The summed E-state index contributed by atoms with van der Waals surface area (Å²) in [7, 11) is 0. The van der Waals surface area contributed by atoms with Gasteiger partial charge in [-0.25, -0.2) is 0 Å². The van der Waals surface area contributed by atoms with Crippen molar-refractivity contribution >= 4 is 18.2 Å². The maximum atomic E-state index is 4.62. The molecular weight excluding hydrogens is 488 g/mol. The molecule has 0 aliphatic heterocycles. The highest BCUT2D eigenvalue weighted by molar-refractivity contribution is 7.84. The van der Waals surface area contributed by atoms with Gasteiger partial charge in [-0.3, -0.25) is 0 Å². The predicted octanol–water partition coefficient (Wildman–Crippen LogP) is 10.3. The Morgan fingerprint density at radius 2 is 1.23 bits per heavy atom. The minimum atomic E-state index is -0.402. The van der Waals surface area contributed by atoms with Gasteiger partial charge in [0.15, 0.2) is 0 Å². The molecule has 1 aliphatic carbocycles. The van der Waals surface area contributed by atoms with E-state index in [0.29, 0.717) is 0 Å². The summed E-state index contributed by atoms with van der Waals surface area (Å²) in [5.74, 6) is 0. The summed E-state index contributed by atoms with van der Waals surface area (Å²) >= 11 is 4.62. The molecule has 1 heteroatoms. The minimum Gasteiger partial charge on any atom is -0.148 e. The number of benzene rings is 5. The van der Waals surface area contributed by atoms with Crippen LogP contribution in [0.3, 0.4) is 0 Å². The SMILES string of the molecule is C/C=C(\C=C(/C)S)c1cc(C)ccc1-c1cccc2c1-c1ccccc1C2(c1ccccc1)c1ccccc1. The first-order valence-corrected chi connectivity index (χ1v) is 14.0. The summed E-state index contributed by atoms with van der Waals surface area (Å²) in [6, 6.07) is 44.6. The lowest BCUT2D eigenvalue weighted by Gasteiger charge is -2.34. The first-order chi connectivity index (χ1) is 19.1. The molecule has 0 amide bonds. The quantitative estimate of drug-likeness (QED) is 0.170. The van der Waals surface area contributed by atoms with Gasteiger partial charge in [0.05, 0.1) is 5.41 Å². The number of hydrogen-bond acceptors (Lipinski definition) is 1. The van der Waals surface area contributed by atoms with E-state index in [-0.39, 0.29) is 0 Å². The molecule has 0 heterocycles. The van der Waals surface area contributed by atoms with Crippen LogP contribution in [0.1, 0.15) is 47.2 Å². The van der Waals surface area contributed by atoms with Crippen LogP contribution in [-0.2, 0) is 5.41 Å². The minimum absolute atomic E-state index is 0.402. The van der Waals surface area contributed by atoms with Gasteiger partial charge >= 0.3 is 0 Å². The zero-order valence-electron chi connectivity index (χ0n) is 22.6. The van der Waals surface area contributed by atoms with Crippen molar-refractivity contribution in [2.24, 2.45) is 0 Å². The highest BCUT2D eigenvalue weighted by atomic mass is 32.1. The molecule has 0 aromatic heterocycles. The van der Waals surface area contributed by atoms with Crippen LogP contribution in [0.2, 0.25) is 0 Å². The molecule has 0 fully saturated rings. The van der Waals surface area contributed by atoms with Crippen molar-refractivity contribution < 1.29 is 0 Å². The van der Waals surface area contributed by atoms with Crippen molar-refractivity contribution in [2.45, 2.75) is 26.2 Å². The Labute approximate surface area is 237 Å². The smallest absolute Gasteiger partial charge is 0.0713 e. The van der Waals surface area contributed by atoms with E-state index in [2.05, 4.69) is 160 Å². The Morgan fingerprint density at radius 3 is 1.87 bits per heavy atom. The van der Waals surface area contributed by atoms with Gasteiger partial charge in [0.25, 0.3) is 0 Å². The molecule has 0 unspecified atom stereocenters. The monoisotopic (exact) mass is 520 g/mol. The molecule has 190 valence electrons. The van der Waals surface area contributed by atoms with Gasteiger partial charge < -0.3 is 0 Å². The number of allylic oxidation sites excluding steroid dienone is 4. The van der Waals surface area contributed by atoms with Crippen molar-refractivity contribution in [1.29, 1.82) is 0 Å². The lowest BCUT2D eigenvalue weighted by molar-refractivity contribution is 0.768. The Morgan fingerprint density at radius 1 is 0.641 bits per heavy atom. The van der Waals surface area contributed by atoms with Crippen LogP contribution in [-0.4, -0.2) is 0 Å². The first kappa shape index (κ1) is 25.2. The van der Waals surface area contributed by atoms with Gasteiger partial charge in [0.2, 0.25) is 0 Å². The number of thiol groups is 1. The molecule has 0 saturated carbocycles. The molecule has 0 bridgehead atoms. The topological polar surface area (TPSA) is 0 Å². The second kappa shape index (κ2) is 10.2. The zero-order valence-corrected chi connectivity index (χ0v) is 23.5. The highest BCUT2D eigenvalue weighted by Crippen LogP contribution is 2.58. The Balaban J connectivity index is 1.74. The third-order valence-corrected chi connectivity index (χ3v) is 8.06. The van der Waals surface area contributed by atoms with Crippen LogP contribution in [0.4, 0.5) is 0 Å². The molecule has 0 radical (unpaired) electrons. The summed E-state index contributed by atoms with van der Waals surface area (Å²) in [4.78, 5) is 0.992. The zero-order chi connectivity index (χ0) is 27.0.